The zero-order valence-electron chi connectivity index (χ0n) is 17.4. The Morgan fingerprint density at radius 1 is 0.806 bits per heavy atom. The summed E-state index contributed by atoms with van der Waals surface area (Å²) in [6.07, 6.45) is 0. The average molecular weight is 437 g/mol. The molecular formula is C24H24N2O4S. The molecule has 0 heterocycles. The van der Waals surface area contributed by atoms with E-state index in [0.29, 0.717) is 34.6 Å². The van der Waals surface area contributed by atoms with Gasteiger partial charge in [-0.2, -0.15) is 0 Å². The maximum absolute atomic E-state index is 12.8. The number of ketones is 1. The van der Waals surface area contributed by atoms with E-state index in [2.05, 4.69) is 5.32 Å². The fraction of sp³-hybridized carbons (Fsp3) is 0.167. The Morgan fingerprint density at radius 3 is 2.03 bits per heavy atom. The maximum Gasteiger partial charge on any atom is 0.255 e. The molecule has 3 aromatic rings. The summed E-state index contributed by atoms with van der Waals surface area (Å²) in [5.41, 5.74) is 2.20. The molecule has 0 aliphatic carbocycles. The van der Waals surface area contributed by atoms with Crippen LogP contribution in [0.15, 0.2) is 78.9 Å². The molecule has 0 fully saturated rings. The highest BCUT2D eigenvalue weighted by Crippen LogP contribution is 2.22. The van der Waals surface area contributed by atoms with Gasteiger partial charge in [0.2, 0.25) is 10.0 Å². The molecule has 0 aromatic heterocycles. The van der Waals surface area contributed by atoms with Crippen molar-refractivity contribution in [1.82, 2.24) is 0 Å². The van der Waals surface area contributed by atoms with Crippen molar-refractivity contribution in [3.8, 4) is 0 Å². The Balaban J connectivity index is 1.82. The Kier molecular flexibility index (Phi) is 6.87. The molecule has 0 spiro atoms. The lowest BCUT2D eigenvalue weighted by molar-refractivity contribution is 0.102. The number of hydrogen-bond donors (Lipinski definition) is 1. The van der Waals surface area contributed by atoms with Crippen LogP contribution in [0.4, 0.5) is 11.4 Å². The maximum atomic E-state index is 12.8. The van der Waals surface area contributed by atoms with Gasteiger partial charge in [-0.1, -0.05) is 42.5 Å². The van der Waals surface area contributed by atoms with Crippen LogP contribution in [0.2, 0.25) is 0 Å². The van der Waals surface area contributed by atoms with Crippen LogP contribution in [0.3, 0.4) is 0 Å². The number of para-hydroxylation sites is 1. The van der Waals surface area contributed by atoms with Crippen LogP contribution in [0.5, 0.6) is 0 Å². The van der Waals surface area contributed by atoms with Crippen LogP contribution in [0.25, 0.3) is 0 Å². The minimum atomic E-state index is -3.39. The highest BCUT2D eigenvalue weighted by Gasteiger charge is 2.19. The van der Waals surface area contributed by atoms with Gasteiger partial charge in [0.05, 0.1) is 17.1 Å². The van der Waals surface area contributed by atoms with Crippen LogP contribution in [0, 0.1) is 0 Å². The largest absolute Gasteiger partial charge is 0.321 e. The molecule has 31 heavy (non-hydrogen) atoms. The van der Waals surface area contributed by atoms with Crippen molar-refractivity contribution < 1.29 is 18.0 Å². The van der Waals surface area contributed by atoms with Crippen LogP contribution < -0.4 is 9.62 Å². The van der Waals surface area contributed by atoms with E-state index in [9.17, 15) is 18.0 Å². The first kappa shape index (κ1) is 22.2. The zero-order valence-corrected chi connectivity index (χ0v) is 18.2. The van der Waals surface area contributed by atoms with Gasteiger partial charge in [0.25, 0.3) is 5.91 Å². The number of amides is 1. The number of anilines is 2. The summed E-state index contributed by atoms with van der Waals surface area (Å²) in [7, 11) is -3.39. The van der Waals surface area contributed by atoms with Gasteiger partial charge in [-0.05, 0) is 50.2 Å². The normalized spacial score (nSPS) is 11.0. The summed E-state index contributed by atoms with van der Waals surface area (Å²) in [6.45, 7) is 3.65. The van der Waals surface area contributed by atoms with Crippen LogP contribution in [0.1, 0.15) is 40.1 Å². The molecule has 0 aliphatic heterocycles. The molecule has 3 rings (SSSR count). The van der Waals surface area contributed by atoms with Crippen molar-refractivity contribution in [2.45, 2.75) is 13.8 Å². The number of carbonyl (C=O) groups is 2. The topological polar surface area (TPSA) is 83.6 Å². The molecule has 7 heteroatoms. The van der Waals surface area contributed by atoms with E-state index in [4.69, 9.17) is 0 Å². The van der Waals surface area contributed by atoms with E-state index in [1.807, 2.05) is 6.07 Å². The SMILES string of the molecule is CCN(c1ccc(C(=O)Nc2ccccc2C(=O)c2ccccc2)cc1)S(=O)(=O)CC. The predicted octanol–water partition coefficient (Wildman–Crippen LogP) is 4.35. The first-order valence-corrected chi connectivity index (χ1v) is 11.6. The number of rotatable bonds is 8. The van der Waals surface area contributed by atoms with E-state index in [-0.39, 0.29) is 17.4 Å². The standard InChI is InChI=1S/C24H24N2O4S/c1-3-26(31(29,30)4-2)20-16-14-19(15-17-20)24(28)25-22-13-9-8-12-21(22)23(27)18-10-6-5-7-11-18/h5-17H,3-4H2,1-2H3,(H,25,28). The Morgan fingerprint density at radius 2 is 1.42 bits per heavy atom. The fourth-order valence-electron chi connectivity index (χ4n) is 3.20. The second kappa shape index (κ2) is 9.57. The second-order valence-electron chi connectivity index (χ2n) is 6.81. The predicted molar refractivity (Wildman–Crippen MR) is 123 cm³/mol. The van der Waals surface area contributed by atoms with Gasteiger partial charge >= 0.3 is 0 Å². The molecule has 0 saturated carbocycles. The summed E-state index contributed by atoms with van der Waals surface area (Å²) in [5, 5.41) is 2.79. The van der Waals surface area contributed by atoms with E-state index < -0.39 is 10.0 Å². The van der Waals surface area contributed by atoms with Crippen molar-refractivity contribution in [3.63, 3.8) is 0 Å². The van der Waals surface area contributed by atoms with Crippen molar-refractivity contribution in [3.05, 3.63) is 95.6 Å². The molecule has 0 unspecified atom stereocenters. The number of benzene rings is 3. The van der Waals surface area contributed by atoms with Gasteiger partial charge in [0, 0.05) is 23.2 Å². The molecule has 6 nitrogen and oxygen atoms in total. The molecule has 0 atom stereocenters. The monoisotopic (exact) mass is 436 g/mol. The van der Waals surface area contributed by atoms with E-state index in [1.54, 1.807) is 86.6 Å². The minimum Gasteiger partial charge on any atom is -0.321 e. The quantitative estimate of drug-likeness (QED) is 0.532. The van der Waals surface area contributed by atoms with Crippen molar-refractivity contribution >= 4 is 33.1 Å². The summed E-state index contributed by atoms with van der Waals surface area (Å²) >= 11 is 0. The lowest BCUT2D eigenvalue weighted by Gasteiger charge is -2.22. The first-order valence-electron chi connectivity index (χ1n) is 9.98. The zero-order chi connectivity index (χ0) is 22.4. The van der Waals surface area contributed by atoms with Gasteiger partial charge in [0.1, 0.15) is 0 Å². The molecule has 0 aliphatic rings. The molecule has 0 saturated heterocycles. The third-order valence-electron chi connectivity index (χ3n) is 4.86. The Labute approximate surface area is 182 Å². The third-order valence-corrected chi connectivity index (χ3v) is 6.73. The van der Waals surface area contributed by atoms with Gasteiger partial charge in [-0.25, -0.2) is 8.42 Å². The lowest BCUT2D eigenvalue weighted by Crippen LogP contribution is -2.32. The number of nitrogens with zero attached hydrogens (tertiary/aromatic N) is 1. The Bertz CT molecular complexity index is 1170. The molecular weight excluding hydrogens is 412 g/mol. The number of hydrogen-bond acceptors (Lipinski definition) is 4. The van der Waals surface area contributed by atoms with Gasteiger partial charge in [-0.15, -0.1) is 0 Å². The summed E-state index contributed by atoms with van der Waals surface area (Å²) in [6, 6.07) is 22.0. The lowest BCUT2D eigenvalue weighted by atomic mass is 10.0. The smallest absolute Gasteiger partial charge is 0.255 e. The van der Waals surface area contributed by atoms with Crippen molar-refractivity contribution in [2.75, 3.05) is 21.9 Å². The highest BCUT2D eigenvalue weighted by atomic mass is 32.2. The summed E-state index contributed by atoms with van der Waals surface area (Å²) < 4.78 is 25.8. The summed E-state index contributed by atoms with van der Waals surface area (Å²) in [4.78, 5) is 25.6. The number of carbonyl (C=O) groups excluding carboxylic acids is 2. The van der Waals surface area contributed by atoms with E-state index in [0.717, 1.165) is 0 Å². The number of nitrogens with one attached hydrogen (secondary N) is 1. The third kappa shape index (κ3) is 5.00. The second-order valence-corrected chi connectivity index (χ2v) is 8.99. The van der Waals surface area contributed by atoms with Crippen LogP contribution >= 0.6 is 0 Å². The van der Waals surface area contributed by atoms with Gasteiger partial charge < -0.3 is 5.32 Å². The van der Waals surface area contributed by atoms with Gasteiger partial charge in [0.15, 0.2) is 5.78 Å². The fourth-order valence-corrected chi connectivity index (χ4v) is 4.35. The van der Waals surface area contributed by atoms with Gasteiger partial charge in [-0.3, -0.25) is 13.9 Å². The molecule has 0 bridgehead atoms. The average Bonchev–Trinajstić information content (AvgIpc) is 2.80. The molecule has 1 N–H and O–H groups in total. The van der Waals surface area contributed by atoms with E-state index >= 15 is 0 Å². The van der Waals surface area contributed by atoms with Crippen LogP contribution in [-0.2, 0) is 10.0 Å². The highest BCUT2D eigenvalue weighted by molar-refractivity contribution is 7.92. The molecule has 160 valence electrons. The minimum absolute atomic E-state index is 0.00466. The molecule has 1 amide bonds. The van der Waals surface area contributed by atoms with E-state index in [1.165, 1.54) is 4.31 Å². The number of sulfonamides is 1. The molecule has 0 radical (unpaired) electrons. The summed E-state index contributed by atoms with van der Waals surface area (Å²) in [5.74, 6) is -0.577. The van der Waals surface area contributed by atoms with Crippen molar-refractivity contribution in [1.29, 1.82) is 0 Å². The van der Waals surface area contributed by atoms with Crippen LogP contribution in [-0.4, -0.2) is 32.4 Å². The Hall–Kier alpha value is -3.45. The molecule has 3 aromatic carbocycles. The first-order chi connectivity index (χ1) is 14.9. The van der Waals surface area contributed by atoms with Crippen molar-refractivity contribution in [2.24, 2.45) is 0 Å².